The Morgan fingerprint density at radius 1 is 1.35 bits per heavy atom. The van der Waals surface area contributed by atoms with Crippen LogP contribution in [0.5, 0.6) is 0 Å². The standard InChI is InChI=1S/C15H21F3N2/c1-10-7-14(9-20(10)3)19-11(2)12-5-4-6-13(8-12)15(16,17)18/h4-6,8,10-11,14,19H,7,9H2,1-3H3. The lowest BCUT2D eigenvalue weighted by atomic mass is 10.0. The molecule has 0 saturated carbocycles. The predicted molar refractivity (Wildman–Crippen MR) is 73.5 cm³/mol. The quantitative estimate of drug-likeness (QED) is 0.915. The van der Waals surface area contributed by atoms with Crippen molar-refractivity contribution in [3.8, 4) is 0 Å². The van der Waals surface area contributed by atoms with E-state index < -0.39 is 11.7 Å². The number of alkyl halides is 3. The van der Waals surface area contributed by atoms with Crippen molar-refractivity contribution in [3.63, 3.8) is 0 Å². The van der Waals surface area contributed by atoms with Gasteiger partial charge in [0, 0.05) is 24.7 Å². The third-order valence-electron chi connectivity index (χ3n) is 4.09. The zero-order chi connectivity index (χ0) is 14.9. The first-order valence-corrected chi connectivity index (χ1v) is 6.91. The van der Waals surface area contributed by atoms with Crippen LogP contribution in [0.1, 0.15) is 37.4 Å². The molecule has 1 aliphatic heterocycles. The van der Waals surface area contributed by atoms with Crippen molar-refractivity contribution in [2.24, 2.45) is 0 Å². The molecule has 1 aromatic carbocycles. The topological polar surface area (TPSA) is 15.3 Å². The van der Waals surface area contributed by atoms with Crippen LogP contribution in [0.25, 0.3) is 0 Å². The highest BCUT2D eigenvalue weighted by Gasteiger charge is 2.31. The molecule has 0 bridgehead atoms. The van der Waals surface area contributed by atoms with Gasteiger partial charge in [-0.05, 0) is 45.0 Å². The predicted octanol–water partition coefficient (Wildman–Crippen LogP) is 3.45. The van der Waals surface area contributed by atoms with Gasteiger partial charge in [0.2, 0.25) is 0 Å². The molecule has 1 aliphatic rings. The third kappa shape index (κ3) is 3.52. The summed E-state index contributed by atoms with van der Waals surface area (Å²) in [7, 11) is 2.07. The van der Waals surface area contributed by atoms with E-state index in [9.17, 15) is 13.2 Å². The van der Waals surface area contributed by atoms with Crippen LogP contribution in [0.4, 0.5) is 13.2 Å². The monoisotopic (exact) mass is 286 g/mol. The fraction of sp³-hybridized carbons (Fsp3) is 0.600. The van der Waals surface area contributed by atoms with Gasteiger partial charge in [0.25, 0.3) is 0 Å². The molecule has 0 amide bonds. The Morgan fingerprint density at radius 3 is 2.60 bits per heavy atom. The summed E-state index contributed by atoms with van der Waals surface area (Å²) in [4.78, 5) is 2.26. The molecule has 3 atom stereocenters. The van der Waals surface area contributed by atoms with Crippen LogP contribution in [0.3, 0.4) is 0 Å². The zero-order valence-corrected chi connectivity index (χ0v) is 12.0. The molecular formula is C15H21F3N2. The Kier molecular flexibility index (Phi) is 4.39. The molecule has 3 unspecified atom stereocenters. The summed E-state index contributed by atoms with van der Waals surface area (Å²) in [5.41, 5.74) is 0.0996. The number of rotatable bonds is 3. The van der Waals surface area contributed by atoms with Crippen molar-refractivity contribution in [2.45, 2.75) is 44.6 Å². The van der Waals surface area contributed by atoms with Gasteiger partial charge in [-0.25, -0.2) is 0 Å². The number of likely N-dealkylation sites (N-methyl/N-ethyl adjacent to an activating group) is 1. The first kappa shape index (κ1) is 15.3. The third-order valence-corrected chi connectivity index (χ3v) is 4.09. The zero-order valence-electron chi connectivity index (χ0n) is 12.0. The number of halogens is 3. The summed E-state index contributed by atoms with van der Waals surface area (Å²) in [5.74, 6) is 0. The molecule has 1 heterocycles. The molecule has 1 N–H and O–H groups in total. The average Bonchev–Trinajstić information content (AvgIpc) is 2.67. The number of likely N-dealkylation sites (tertiary alicyclic amines) is 1. The van der Waals surface area contributed by atoms with E-state index in [1.54, 1.807) is 6.07 Å². The summed E-state index contributed by atoms with van der Waals surface area (Å²) in [6, 6.07) is 6.33. The second kappa shape index (κ2) is 5.74. The Labute approximate surface area is 118 Å². The van der Waals surface area contributed by atoms with Crippen molar-refractivity contribution < 1.29 is 13.2 Å². The van der Waals surface area contributed by atoms with Crippen LogP contribution in [-0.4, -0.2) is 30.6 Å². The summed E-state index contributed by atoms with van der Waals surface area (Å²) < 4.78 is 38.1. The van der Waals surface area contributed by atoms with Crippen LogP contribution in [0.2, 0.25) is 0 Å². The highest BCUT2D eigenvalue weighted by molar-refractivity contribution is 5.27. The fourth-order valence-electron chi connectivity index (χ4n) is 2.75. The molecule has 2 nitrogen and oxygen atoms in total. The molecular weight excluding hydrogens is 265 g/mol. The maximum Gasteiger partial charge on any atom is 0.416 e. The summed E-state index contributed by atoms with van der Waals surface area (Å²) in [6.45, 7) is 5.01. The Morgan fingerprint density at radius 2 is 2.05 bits per heavy atom. The highest BCUT2D eigenvalue weighted by Crippen LogP contribution is 2.31. The lowest BCUT2D eigenvalue weighted by Crippen LogP contribution is -2.33. The fourth-order valence-corrected chi connectivity index (χ4v) is 2.75. The molecule has 0 aliphatic carbocycles. The molecule has 1 aromatic rings. The molecule has 0 aromatic heterocycles. The molecule has 0 radical (unpaired) electrons. The van der Waals surface area contributed by atoms with E-state index in [1.807, 2.05) is 6.92 Å². The summed E-state index contributed by atoms with van der Waals surface area (Å²) in [5, 5.41) is 3.43. The van der Waals surface area contributed by atoms with Gasteiger partial charge in [-0.3, -0.25) is 0 Å². The van der Waals surface area contributed by atoms with E-state index in [2.05, 4.69) is 24.2 Å². The summed E-state index contributed by atoms with van der Waals surface area (Å²) >= 11 is 0. The van der Waals surface area contributed by atoms with Crippen LogP contribution in [0, 0.1) is 0 Å². The molecule has 112 valence electrons. The van der Waals surface area contributed by atoms with Gasteiger partial charge in [-0.15, -0.1) is 0 Å². The minimum Gasteiger partial charge on any atom is -0.306 e. The molecule has 0 spiro atoms. The van der Waals surface area contributed by atoms with E-state index in [0.29, 0.717) is 17.6 Å². The van der Waals surface area contributed by atoms with Gasteiger partial charge in [0.15, 0.2) is 0 Å². The summed E-state index contributed by atoms with van der Waals surface area (Å²) in [6.07, 6.45) is -3.25. The van der Waals surface area contributed by atoms with Gasteiger partial charge >= 0.3 is 6.18 Å². The van der Waals surface area contributed by atoms with Crippen molar-refractivity contribution in [1.82, 2.24) is 10.2 Å². The molecule has 1 saturated heterocycles. The lowest BCUT2D eigenvalue weighted by molar-refractivity contribution is -0.137. The van der Waals surface area contributed by atoms with Crippen LogP contribution in [0.15, 0.2) is 24.3 Å². The minimum atomic E-state index is -4.28. The normalized spacial score (nSPS) is 25.9. The second-order valence-electron chi connectivity index (χ2n) is 5.73. The van der Waals surface area contributed by atoms with Gasteiger partial charge in [-0.2, -0.15) is 13.2 Å². The van der Waals surface area contributed by atoms with Crippen LogP contribution < -0.4 is 5.32 Å². The van der Waals surface area contributed by atoms with E-state index in [1.165, 1.54) is 12.1 Å². The van der Waals surface area contributed by atoms with E-state index in [4.69, 9.17) is 0 Å². The van der Waals surface area contributed by atoms with Crippen LogP contribution in [-0.2, 0) is 6.18 Å². The average molecular weight is 286 g/mol. The molecule has 1 fully saturated rings. The number of hydrogen-bond acceptors (Lipinski definition) is 2. The Bertz CT molecular complexity index is 449. The molecule has 2 rings (SSSR count). The Hall–Kier alpha value is -1.07. The maximum absolute atomic E-state index is 12.7. The van der Waals surface area contributed by atoms with E-state index >= 15 is 0 Å². The van der Waals surface area contributed by atoms with Gasteiger partial charge < -0.3 is 10.2 Å². The highest BCUT2D eigenvalue weighted by atomic mass is 19.4. The first-order valence-electron chi connectivity index (χ1n) is 6.91. The Balaban J connectivity index is 2.04. The van der Waals surface area contributed by atoms with Gasteiger partial charge in [0.05, 0.1) is 5.56 Å². The molecule has 5 heteroatoms. The number of hydrogen-bond donors (Lipinski definition) is 1. The maximum atomic E-state index is 12.7. The smallest absolute Gasteiger partial charge is 0.306 e. The van der Waals surface area contributed by atoms with Crippen molar-refractivity contribution in [3.05, 3.63) is 35.4 Å². The van der Waals surface area contributed by atoms with E-state index in [0.717, 1.165) is 19.0 Å². The number of nitrogens with zero attached hydrogens (tertiary/aromatic N) is 1. The van der Waals surface area contributed by atoms with Crippen molar-refractivity contribution in [1.29, 1.82) is 0 Å². The van der Waals surface area contributed by atoms with Crippen molar-refractivity contribution in [2.75, 3.05) is 13.6 Å². The van der Waals surface area contributed by atoms with Crippen molar-refractivity contribution >= 4 is 0 Å². The number of nitrogens with one attached hydrogen (secondary N) is 1. The lowest BCUT2D eigenvalue weighted by Gasteiger charge is -2.20. The first-order chi connectivity index (χ1) is 9.27. The van der Waals surface area contributed by atoms with Gasteiger partial charge in [-0.1, -0.05) is 12.1 Å². The van der Waals surface area contributed by atoms with E-state index in [-0.39, 0.29) is 6.04 Å². The molecule has 20 heavy (non-hydrogen) atoms. The SMILES string of the molecule is CC(NC1CC(C)N(C)C1)c1cccc(C(F)(F)F)c1. The van der Waals surface area contributed by atoms with Crippen LogP contribution >= 0.6 is 0 Å². The van der Waals surface area contributed by atoms with Gasteiger partial charge in [0.1, 0.15) is 0 Å². The second-order valence-corrected chi connectivity index (χ2v) is 5.73. The number of benzene rings is 1. The largest absolute Gasteiger partial charge is 0.416 e. The minimum absolute atomic E-state index is 0.0824.